The summed E-state index contributed by atoms with van der Waals surface area (Å²) in [5.41, 5.74) is 7.35. The van der Waals surface area contributed by atoms with Crippen LogP contribution in [0.4, 0.5) is 8.78 Å². The third kappa shape index (κ3) is 2.12. The highest BCUT2D eigenvalue weighted by Crippen LogP contribution is 2.52. The normalized spacial score (nSPS) is 25.2. The number of hydrogen-bond donors (Lipinski definition) is 1. The van der Waals surface area contributed by atoms with Crippen molar-refractivity contribution in [3.8, 4) is 0 Å². The van der Waals surface area contributed by atoms with Gasteiger partial charge in [0.25, 0.3) is 0 Å². The van der Waals surface area contributed by atoms with Gasteiger partial charge in [0.15, 0.2) is 0 Å². The van der Waals surface area contributed by atoms with Gasteiger partial charge in [-0.1, -0.05) is 36.4 Å². The van der Waals surface area contributed by atoms with Gasteiger partial charge >= 0.3 is 0 Å². The summed E-state index contributed by atoms with van der Waals surface area (Å²) in [5.74, 6) is -0.622. The maximum atomic E-state index is 14.0. The van der Waals surface area contributed by atoms with Gasteiger partial charge in [-0.25, -0.2) is 8.78 Å². The molecule has 104 valence electrons. The molecular formula is C17H17F2N. The molecule has 0 unspecified atom stereocenters. The van der Waals surface area contributed by atoms with Gasteiger partial charge in [-0.2, -0.15) is 0 Å². The molecule has 0 aromatic heterocycles. The SMILES string of the molecule is NCC1(c2ccc(F)cc2F)CC(c2ccccc2)C1. The maximum Gasteiger partial charge on any atom is 0.129 e. The predicted octanol–water partition coefficient (Wildman–Crippen LogP) is 3.74. The van der Waals surface area contributed by atoms with Gasteiger partial charge in [0.2, 0.25) is 0 Å². The maximum absolute atomic E-state index is 14.0. The van der Waals surface area contributed by atoms with E-state index in [1.54, 1.807) is 6.07 Å². The molecule has 0 bridgehead atoms. The predicted molar refractivity (Wildman–Crippen MR) is 75.5 cm³/mol. The molecule has 0 amide bonds. The number of halogens is 2. The van der Waals surface area contributed by atoms with Crippen molar-refractivity contribution in [2.75, 3.05) is 6.54 Å². The summed E-state index contributed by atoms with van der Waals surface area (Å²) in [5, 5.41) is 0. The van der Waals surface area contributed by atoms with E-state index in [1.165, 1.54) is 11.6 Å². The molecule has 2 aromatic carbocycles. The van der Waals surface area contributed by atoms with Crippen molar-refractivity contribution in [3.05, 3.63) is 71.3 Å². The van der Waals surface area contributed by atoms with Gasteiger partial charge in [0, 0.05) is 18.0 Å². The third-order valence-electron chi connectivity index (χ3n) is 4.44. The average molecular weight is 273 g/mol. The smallest absolute Gasteiger partial charge is 0.129 e. The molecule has 0 saturated heterocycles. The first-order valence-corrected chi connectivity index (χ1v) is 6.85. The van der Waals surface area contributed by atoms with Crippen LogP contribution in [0.15, 0.2) is 48.5 Å². The van der Waals surface area contributed by atoms with Crippen molar-refractivity contribution < 1.29 is 8.78 Å². The Labute approximate surface area is 117 Å². The van der Waals surface area contributed by atoms with Crippen molar-refractivity contribution in [2.24, 2.45) is 5.73 Å². The molecular weight excluding hydrogens is 256 g/mol. The third-order valence-corrected chi connectivity index (χ3v) is 4.44. The minimum Gasteiger partial charge on any atom is -0.330 e. The minimum atomic E-state index is -0.544. The van der Waals surface area contributed by atoms with E-state index in [-0.39, 0.29) is 5.41 Å². The van der Waals surface area contributed by atoms with E-state index >= 15 is 0 Å². The topological polar surface area (TPSA) is 26.0 Å². The Hall–Kier alpha value is -1.74. The molecule has 0 heterocycles. The summed E-state index contributed by atoms with van der Waals surface area (Å²) in [6, 6.07) is 14.0. The lowest BCUT2D eigenvalue weighted by molar-refractivity contribution is 0.202. The fourth-order valence-corrected chi connectivity index (χ4v) is 3.26. The lowest BCUT2D eigenvalue weighted by Crippen LogP contribution is -2.46. The number of hydrogen-bond acceptors (Lipinski definition) is 1. The number of nitrogens with two attached hydrogens (primary N) is 1. The van der Waals surface area contributed by atoms with Crippen LogP contribution in [0.3, 0.4) is 0 Å². The van der Waals surface area contributed by atoms with Crippen LogP contribution in [0.25, 0.3) is 0 Å². The Balaban J connectivity index is 1.85. The summed E-state index contributed by atoms with van der Waals surface area (Å²) in [6.07, 6.45) is 1.63. The minimum absolute atomic E-state index is 0.349. The van der Waals surface area contributed by atoms with Crippen LogP contribution < -0.4 is 5.73 Å². The molecule has 1 nitrogen and oxygen atoms in total. The van der Waals surface area contributed by atoms with Crippen LogP contribution in [0.2, 0.25) is 0 Å². The molecule has 20 heavy (non-hydrogen) atoms. The highest BCUT2D eigenvalue weighted by Gasteiger charge is 2.46. The second kappa shape index (κ2) is 4.98. The highest BCUT2D eigenvalue weighted by atomic mass is 19.1. The fraction of sp³-hybridized carbons (Fsp3) is 0.294. The zero-order valence-electron chi connectivity index (χ0n) is 11.2. The van der Waals surface area contributed by atoms with Crippen molar-refractivity contribution in [1.82, 2.24) is 0 Å². The second-order valence-corrected chi connectivity index (χ2v) is 5.62. The summed E-state index contributed by atoms with van der Waals surface area (Å²) in [6.45, 7) is 0.388. The molecule has 3 rings (SSSR count). The first kappa shape index (κ1) is 13.3. The second-order valence-electron chi connectivity index (χ2n) is 5.62. The van der Waals surface area contributed by atoms with Crippen LogP contribution in [0, 0.1) is 11.6 Å². The summed E-state index contributed by atoms with van der Waals surface area (Å²) >= 11 is 0. The molecule has 1 aliphatic carbocycles. The molecule has 1 aliphatic rings. The van der Waals surface area contributed by atoms with E-state index in [4.69, 9.17) is 5.73 Å². The van der Waals surface area contributed by atoms with Crippen LogP contribution >= 0.6 is 0 Å². The summed E-state index contributed by atoms with van der Waals surface area (Å²) in [7, 11) is 0. The lowest BCUT2D eigenvalue weighted by Gasteiger charge is -2.48. The zero-order chi connectivity index (χ0) is 14.2. The van der Waals surface area contributed by atoms with Crippen molar-refractivity contribution >= 4 is 0 Å². The molecule has 0 radical (unpaired) electrons. The van der Waals surface area contributed by atoms with E-state index in [9.17, 15) is 8.78 Å². The standard InChI is InChI=1S/C17H17F2N/c18-14-6-7-15(16(19)8-14)17(11-20)9-13(10-17)12-4-2-1-3-5-12/h1-8,13H,9-11,20H2. The summed E-state index contributed by atoms with van der Waals surface area (Å²) < 4.78 is 27.0. The van der Waals surface area contributed by atoms with Crippen molar-refractivity contribution in [1.29, 1.82) is 0 Å². The molecule has 0 aliphatic heterocycles. The fourth-order valence-electron chi connectivity index (χ4n) is 3.26. The largest absolute Gasteiger partial charge is 0.330 e. The molecule has 1 saturated carbocycles. The molecule has 0 spiro atoms. The van der Waals surface area contributed by atoms with E-state index < -0.39 is 11.6 Å². The van der Waals surface area contributed by atoms with Gasteiger partial charge in [0.1, 0.15) is 11.6 Å². The van der Waals surface area contributed by atoms with Crippen molar-refractivity contribution in [3.63, 3.8) is 0 Å². The Bertz CT molecular complexity index is 604. The van der Waals surface area contributed by atoms with Gasteiger partial charge in [-0.05, 0) is 36.0 Å². The van der Waals surface area contributed by atoms with E-state index in [0.717, 1.165) is 18.9 Å². The van der Waals surface area contributed by atoms with E-state index in [2.05, 4.69) is 12.1 Å². The monoisotopic (exact) mass is 273 g/mol. The quantitative estimate of drug-likeness (QED) is 0.905. The molecule has 2 N–H and O–H groups in total. The number of benzene rings is 2. The number of rotatable bonds is 3. The van der Waals surface area contributed by atoms with Crippen LogP contribution in [0.1, 0.15) is 29.9 Å². The van der Waals surface area contributed by atoms with Gasteiger partial charge < -0.3 is 5.73 Å². The Kier molecular flexibility index (Phi) is 3.30. The summed E-state index contributed by atoms with van der Waals surface area (Å²) in [4.78, 5) is 0. The molecule has 3 heteroatoms. The molecule has 0 atom stereocenters. The van der Waals surface area contributed by atoms with Crippen LogP contribution in [-0.4, -0.2) is 6.54 Å². The van der Waals surface area contributed by atoms with Crippen LogP contribution in [-0.2, 0) is 5.41 Å². The highest BCUT2D eigenvalue weighted by molar-refractivity contribution is 5.36. The lowest BCUT2D eigenvalue weighted by atomic mass is 9.57. The Morgan fingerprint density at radius 2 is 1.75 bits per heavy atom. The van der Waals surface area contributed by atoms with Gasteiger partial charge in [0.05, 0.1) is 0 Å². The van der Waals surface area contributed by atoms with Crippen LogP contribution in [0.5, 0.6) is 0 Å². The Morgan fingerprint density at radius 3 is 2.35 bits per heavy atom. The van der Waals surface area contributed by atoms with Gasteiger partial charge in [-0.15, -0.1) is 0 Å². The zero-order valence-corrected chi connectivity index (χ0v) is 11.2. The van der Waals surface area contributed by atoms with Gasteiger partial charge in [-0.3, -0.25) is 0 Å². The Morgan fingerprint density at radius 1 is 1.05 bits per heavy atom. The van der Waals surface area contributed by atoms with Crippen molar-refractivity contribution in [2.45, 2.75) is 24.2 Å². The van der Waals surface area contributed by atoms with E-state index in [0.29, 0.717) is 18.0 Å². The average Bonchev–Trinajstić information content (AvgIpc) is 2.41. The molecule has 2 aromatic rings. The van der Waals surface area contributed by atoms with E-state index in [1.807, 2.05) is 18.2 Å². The first-order chi connectivity index (χ1) is 9.64. The molecule has 1 fully saturated rings. The first-order valence-electron chi connectivity index (χ1n) is 6.85.